The fraction of sp³-hybridized carbons (Fsp3) is 0.368. The molecule has 1 aliphatic heterocycles. The number of benzene rings is 2. The van der Waals surface area contributed by atoms with E-state index in [-0.39, 0.29) is 24.3 Å². The molecule has 1 fully saturated rings. The van der Waals surface area contributed by atoms with Crippen LogP contribution in [-0.4, -0.2) is 31.6 Å². The van der Waals surface area contributed by atoms with E-state index in [9.17, 15) is 4.39 Å². The van der Waals surface area contributed by atoms with Gasteiger partial charge in [0, 0.05) is 39.3 Å². The van der Waals surface area contributed by atoms with Gasteiger partial charge in [0.2, 0.25) is 0 Å². The van der Waals surface area contributed by atoms with Gasteiger partial charge >= 0.3 is 0 Å². The topological polar surface area (TPSA) is 24.5 Å². The van der Waals surface area contributed by atoms with E-state index in [4.69, 9.17) is 4.74 Å². The second-order valence-corrected chi connectivity index (χ2v) is 6.00. The molecule has 1 N–H and O–H groups in total. The molecule has 2 aromatic carbocycles. The summed E-state index contributed by atoms with van der Waals surface area (Å²) in [5.74, 6) is -0.171. The van der Waals surface area contributed by atoms with Crippen molar-refractivity contribution in [2.75, 3.05) is 26.7 Å². The summed E-state index contributed by atoms with van der Waals surface area (Å²) in [5, 5.41) is 3.42. The maximum Gasteiger partial charge on any atom is 0.123 e. The van der Waals surface area contributed by atoms with Crippen molar-refractivity contribution in [3.05, 3.63) is 71.0 Å². The van der Waals surface area contributed by atoms with Crippen LogP contribution in [0.2, 0.25) is 0 Å². The van der Waals surface area contributed by atoms with Crippen LogP contribution in [-0.2, 0) is 17.9 Å². The Morgan fingerprint density at radius 3 is 2.75 bits per heavy atom. The summed E-state index contributed by atoms with van der Waals surface area (Å²) in [7, 11) is 1.71. The molecule has 24 heavy (non-hydrogen) atoms. The molecule has 1 atom stereocenters. The minimum Gasteiger partial charge on any atom is -0.380 e. The normalized spacial score (nSPS) is 18.2. The Labute approximate surface area is 149 Å². The predicted octanol–water partition coefficient (Wildman–Crippen LogP) is 3.54. The molecule has 3 nitrogen and oxygen atoms in total. The lowest BCUT2D eigenvalue weighted by atomic mass is 10.0. The number of methoxy groups -OCH3 is 1. The first kappa shape index (κ1) is 18.9. The minimum absolute atomic E-state index is 0. The van der Waals surface area contributed by atoms with Gasteiger partial charge in [0.1, 0.15) is 5.82 Å². The first-order chi connectivity index (χ1) is 11.3. The predicted molar refractivity (Wildman–Crippen MR) is 96.8 cm³/mol. The molecule has 1 unspecified atom stereocenters. The molecular weight excluding hydrogens is 327 g/mol. The molecule has 0 radical (unpaired) electrons. The molecule has 1 saturated heterocycles. The maximum atomic E-state index is 13.6. The van der Waals surface area contributed by atoms with Crippen LogP contribution in [0.5, 0.6) is 0 Å². The molecule has 0 spiro atoms. The number of nitrogens with one attached hydrogen (secondary N) is 1. The van der Waals surface area contributed by atoms with Crippen molar-refractivity contribution in [2.24, 2.45) is 0 Å². The Kier molecular flexibility index (Phi) is 7.18. The zero-order valence-corrected chi connectivity index (χ0v) is 14.7. The highest BCUT2D eigenvalue weighted by molar-refractivity contribution is 5.85. The van der Waals surface area contributed by atoms with Crippen molar-refractivity contribution >= 4 is 12.4 Å². The van der Waals surface area contributed by atoms with Gasteiger partial charge in [-0.05, 0) is 28.8 Å². The van der Waals surface area contributed by atoms with Crippen LogP contribution in [0.25, 0.3) is 0 Å². The van der Waals surface area contributed by atoms with Gasteiger partial charge < -0.3 is 10.1 Å². The van der Waals surface area contributed by atoms with Crippen LogP contribution in [0.1, 0.15) is 22.7 Å². The van der Waals surface area contributed by atoms with Crippen LogP contribution in [0.4, 0.5) is 4.39 Å². The Morgan fingerprint density at radius 2 is 1.96 bits per heavy atom. The van der Waals surface area contributed by atoms with E-state index in [1.807, 2.05) is 6.07 Å². The summed E-state index contributed by atoms with van der Waals surface area (Å²) >= 11 is 0. The Bertz CT molecular complexity index is 653. The van der Waals surface area contributed by atoms with Crippen molar-refractivity contribution in [1.29, 1.82) is 0 Å². The molecule has 2 aromatic rings. The van der Waals surface area contributed by atoms with Crippen LogP contribution in [0.15, 0.2) is 48.5 Å². The van der Waals surface area contributed by atoms with Gasteiger partial charge in [-0.2, -0.15) is 0 Å². The third-order valence-corrected chi connectivity index (χ3v) is 4.28. The van der Waals surface area contributed by atoms with Crippen LogP contribution in [0.3, 0.4) is 0 Å². The highest BCUT2D eigenvalue weighted by atomic mass is 35.5. The van der Waals surface area contributed by atoms with E-state index >= 15 is 0 Å². The van der Waals surface area contributed by atoms with Gasteiger partial charge in [-0.1, -0.05) is 36.4 Å². The smallest absolute Gasteiger partial charge is 0.123 e. The quantitative estimate of drug-likeness (QED) is 0.892. The summed E-state index contributed by atoms with van der Waals surface area (Å²) in [6.45, 7) is 4.25. The lowest BCUT2D eigenvalue weighted by Gasteiger charge is -2.36. The number of hydrogen-bond acceptors (Lipinski definition) is 3. The molecule has 0 aliphatic carbocycles. The molecule has 0 bridgehead atoms. The lowest BCUT2D eigenvalue weighted by molar-refractivity contribution is 0.153. The number of ether oxygens (including phenoxy) is 1. The molecule has 1 aliphatic rings. The van der Waals surface area contributed by atoms with Crippen molar-refractivity contribution in [1.82, 2.24) is 10.2 Å². The molecular formula is C19H24ClFN2O. The fourth-order valence-electron chi connectivity index (χ4n) is 3.20. The molecule has 0 saturated carbocycles. The van der Waals surface area contributed by atoms with Crippen LogP contribution < -0.4 is 5.32 Å². The highest BCUT2D eigenvalue weighted by Crippen LogP contribution is 2.25. The van der Waals surface area contributed by atoms with Gasteiger partial charge in [-0.25, -0.2) is 4.39 Å². The fourth-order valence-corrected chi connectivity index (χ4v) is 3.20. The first-order valence-electron chi connectivity index (χ1n) is 8.03. The number of hydrogen-bond donors (Lipinski definition) is 1. The molecule has 0 aromatic heterocycles. The van der Waals surface area contributed by atoms with Gasteiger partial charge in [0.05, 0.1) is 6.61 Å². The maximum absolute atomic E-state index is 13.6. The monoisotopic (exact) mass is 350 g/mol. The van der Waals surface area contributed by atoms with Crippen molar-refractivity contribution in [3.8, 4) is 0 Å². The van der Waals surface area contributed by atoms with Gasteiger partial charge in [-0.15, -0.1) is 12.4 Å². The van der Waals surface area contributed by atoms with Crippen molar-refractivity contribution in [2.45, 2.75) is 19.2 Å². The van der Waals surface area contributed by atoms with E-state index in [0.717, 1.165) is 31.7 Å². The number of nitrogens with zero attached hydrogens (tertiary/aromatic N) is 1. The average Bonchev–Trinajstić information content (AvgIpc) is 2.56. The average molecular weight is 351 g/mol. The molecule has 3 rings (SSSR count). The van der Waals surface area contributed by atoms with E-state index in [2.05, 4.69) is 34.5 Å². The Morgan fingerprint density at radius 1 is 1.17 bits per heavy atom. The zero-order chi connectivity index (χ0) is 16.1. The first-order valence-corrected chi connectivity index (χ1v) is 8.03. The third-order valence-electron chi connectivity index (χ3n) is 4.28. The number of rotatable bonds is 5. The second-order valence-electron chi connectivity index (χ2n) is 6.00. The van der Waals surface area contributed by atoms with Gasteiger partial charge in [0.15, 0.2) is 0 Å². The van der Waals surface area contributed by atoms with Crippen molar-refractivity contribution in [3.63, 3.8) is 0 Å². The largest absolute Gasteiger partial charge is 0.380 e. The summed E-state index contributed by atoms with van der Waals surface area (Å²) in [5.41, 5.74) is 3.48. The van der Waals surface area contributed by atoms with Crippen LogP contribution >= 0.6 is 12.4 Å². The van der Waals surface area contributed by atoms with Gasteiger partial charge in [-0.3, -0.25) is 4.90 Å². The van der Waals surface area contributed by atoms with Crippen molar-refractivity contribution < 1.29 is 9.13 Å². The SMILES string of the molecule is COCc1cccc(CN2CCNCC2c2cccc(F)c2)c1.Cl. The Balaban J connectivity index is 0.00000208. The standard InChI is InChI=1S/C19H23FN2O.ClH/c1-23-14-16-5-2-4-15(10-16)13-22-9-8-21-12-19(22)17-6-3-7-18(20)11-17;/h2-7,10-11,19,21H,8-9,12-14H2,1H3;1H. The second kappa shape index (κ2) is 9.14. The minimum atomic E-state index is -0.171. The lowest BCUT2D eigenvalue weighted by Crippen LogP contribution is -2.45. The van der Waals surface area contributed by atoms with E-state index in [0.29, 0.717) is 6.61 Å². The molecule has 130 valence electrons. The molecule has 5 heteroatoms. The summed E-state index contributed by atoms with van der Waals surface area (Å²) in [6, 6.07) is 15.6. The van der Waals surface area contributed by atoms with Crippen LogP contribution in [0, 0.1) is 5.82 Å². The van der Waals surface area contributed by atoms with E-state index in [1.165, 1.54) is 17.2 Å². The van der Waals surface area contributed by atoms with E-state index < -0.39 is 0 Å². The third kappa shape index (κ3) is 4.77. The van der Waals surface area contributed by atoms with E-state index in [1.54, 1.807) is 19.2 Å². The summed E-state index contributed by atoms with van der Waals surface area (Å²) in [6.07, 6.45) is 0. The zero-order valence-electron chi connectivity index (χ0n) is 13.9. The summed E-state index contributed by atoms with van der Waals surface area (Å²) in [4.78, 5) is 2.41. The molecule has 1 heterocycles. The highest BCUT2D eigenvalue weighted by Gasteiger charge is 2.24. The molecule has 0 amide bonds. The number of piperazine rings is 1. The number of halogens is 2. The van der Waals surface area contributed by atoms with Gasteiger partial charge in [0.25, 0.3) is 0 Å². The Hall–Kier alpha value is -1.46. The summed E-state index contributed by atoms with van der Waals surface area (Å²) < 4.78 is 18.8.